The van der Waals surface area contributed by atoms with Crippen LogP contribution in [0.5, 0.6) is 0 Å². The maximum absolute atomic E-state index is 5.13. The van der Waals surface area contributed by atoms with Crippen molar-refractivity contribution in [3.05, 3.63) is 17.0 Å². The number of hydrogen-bond donors (Lipinski definition) is 0. The normalized spacial score (nSPS) is 10.2. The van der Waals surface area contributed by atoms with Gasteiger partial charge in [0.05, 0.1) is 5.69 Å². The molecule has 0 unspecified atom stereocenters. The topological polar surface area (TPSA) is 44.9 Å². The lowest BCUT2D eigenvalue weighted by Crippen LogP contribution is -2.35. The summed E-state index contributed by atoms with van der Waals surface area (Å²) in [4.78, 5) is 8.59. The molecule has 0 atom stereocenters. The molecule has 0 saturated carbocycles. The van der Waals surface area contributed by atoms with Gasteiger partial charge in [0.1, 0.15) is 5.76 Å². The van der Waals surface area contributed by atoms with Gasteiger partial charge in [-0.15, -0.1) is 0 Å². The molecule has 0 N–H and O–H groups in total. The Morgan fingerprint density at radius 1 is 1.18 bits per heavy atom. The first-order chi connectivity index (χ1) is 7.93. The molecule has 96 valence electrons. The minimum atomic E-state index is 0.745. The van der Waals surface area contributed by atoms with Gasteiger partial charge in [0.25, 0.3) is 0 Å². The number of aliphatic imine (C=N–C) groups is 1. The van der Waals surface area contributed by atoms with E-state index in [-0.39, 0.29) is 0 Å². The van der Waals surface area contributed by atoms with E-state index in [4.69, 9.17) is 4.52 Å². The van der Waals surface area contributed by atoms with Crippen molar-refractivity contribution < 1.29 is 4.52 Å². The summed E-state index contributed by atoms with van der Waals surface area (Å²) in [7, 11) is 7.98. The van der Waals surface area contributed by atoms with E-state index in [2.05, 4.69) is 10.1 Å². The summed E-state index contributed by atoms with van der Waals surface area (Å²) in [5.41, 5.74) is 2.14. The summed E-state index contributed by atoms with van der Waals surface area (Å²) in [6, 6.07) is 0. The van der Waals surface area contributed by atoms with E-state index in [1.54, 1.807) is 0 Å². The van der Waals surface area contributed by atoms with Crippen LogP contribution < -0.4 is 0 Å². The molecule has 1 rings (SSSR count). The van der Waals surface area contributed by atoms with Gasteiger partial charge in [0.15, 0.2) is 5.96 Å². The number of aryl methyl sites for hydroxylation is 2. The van der Waals surface area contributed by atoms with Crippen LogP contribution in [0.4, 0.5) is 0 Å². The van der Waals surface area contributed by atoms with Crippen LogP contribution in [0.2, 0.25) is 0 Å². The molecular weight excluding hydrogens is 216 g/mol. The minimum Gasteiger partial charge on any atom is -0.361 e. The van der Waals surface area contributed by atoms with E-state index in [9.17, 15) is 0 Å². The summed E-state index contributed by atoms with van der Waals surface area (Å²) in [6.45, 7) is 4.65. The lowest BCUT2D eigenvalue weighted by molar-refractivity contribution is 0.392. The molecule has 0 saturated heterocycles. The van der Waals surface area contributed by atoms with Crippen LogP contribution in [0.1, 0.15) is 17.0 Å². The molecule has 0 radical (unpaired) electrons. The smallest absolute Gasteiger partial charge is 0.195 e. The van der Waals surface area contributed by atoms with Crippen molar-refractivity contribution in [1.82, 2.24) is 15.0 Å². The second-order valence-corrected chi connectivity index (χ2v) is 4.52. The largest absolute Gasteiger partial charge is 0.361 e. The Bertz CT molecular complexity index is 364. The Kier molecular flexibility index (Phi) is 4.54. The van der Waals surface area contributed by atoms with Gasteiger partial charge in [-0.3, -0.25) is 4.99 Å². The van der Waals surface area contributed by atoms with E-state index < -0.39 is 0 Å². The van der Waals surface area contributed by atoms with E-state index in [1.165, 1.54) is 5.56 Å². The molecule has 1 aromatic rings. The first-order valence-corrected chi connectivity index (χ1v) is 5.74. The van der Waals surface area contributed by atoms with Gasteiger partial charge in [0.2, 0.25) is 0 Å². The highest BCUT2D eigenvalue weighted by Crippen LogP contribution is 2.12. The fraction of sp³-hybridized carbons (Fsp3) is 0.667. The van der Waals surface area contributed by atoms with Crippen molar-refractivity contribution in [1.29, 1.82) is 0 Å². The third-order valence-corrected chi connectivity index (χ3v) is 2.60. The van der Waals surface area contributed by atoms with Crippen molar-refractivity contribution in [3.63, 3.8) is 0 Å². The molecule has 1 aromatic heterocycles. The summed E-state index contributed by atoms with van der Waals surface area (Å²) >= 11 is 0. The maximum Gasteiger partial charge on any atom is 0.195 e. The van der Waals surface area contributed by atoms with Crippen LogP contribution in [-0.2, 0) is 6.42 Å². The van der Waals surface area contributed by atoms with Gasteiger partial charge in [-0.05, 0) is 20.3 Å². The highest BCUT2D eigenvalue weighted by atomic mass is 16.5. The molecule has 0 aliphatic rings. The highest BCUT2D eigenvalue weighted by Gasteiger charge is 2.09. The van der Waals surface area contributed by atoms with Gasteiger partial charge in [0, 0.05) is 40.3 Å². The summed E-state index contributed by atoms with van der Waals surface area (Å²) in [5.74, 6) is 1.87. The number of nitrogens with zero attached hydrogens (tertiary/aromatic N) is 4. The highest BCUT2D eigenvalue weighted by molar-refractivity contribution is 5.79. The van der Waals surface area contributed by atoms with E-state index in [0.29, 0.717) is 0 Å². The van der Waals surface area contributed by atoms with Gasteiger partial charge in [-0.1, -0.05) is 5.16 Å². The van der Waals surface area contributed by atoms with Crippen molar-refractivity contribution in [3.8, 4) is 0 Å². The quantitative estimate of drug-likeness (QED) is 0.588. The zero-order valence-electron chi connectivity index (χ0n) is 11.6. The average Bonchev–Trinajstić information content (AvgIpc) is 2.53. The number of aromatic nitrogens is 1. The van der Waals surface area contributed by atoms with Crippen molar-refractivity contribution >= 4 is 5.96 Å². The molecule has 5 heteroatoms. The van der Waals surface area contributed by atoms with E-state index in [0.717, 1.165) is 30.4 Å². The predicted molar refractivity (Wildman–Crippen MR) is 69.4 cm³/mol. The molecule has 0 fully saturated rings. The van der Waals surface area contributed by atoms with Crippen molar-refractivity contribution in [2.45, 2.75) is 20.3 Å². The van der Waals surface area contributed by atoms with Gasteiger partial charge in [-0.25, -0.2) is 0 Å². The van der Waals surface area contributed by atoms with Crippen LogP contribution in [0.25, 0.3) is 0 Å². The Morgan fingerprint density at radius 3 is 2.18 bits per heavy atom. The first kappa shape index (κ1) is 13.5. The average molecular weight is 238 g/mol. The molecule has 1 heterocycles. The second kappa shape index (κ2) is 5.70. The maximum atomic E-state index is 5.13. The van der Waals surface area contributed by atoms with Gasteiger partial charge < -0.3 is 14.3 Å². The van der Waals surface area contributed by atoms with Gasteiger partial charge in [-0.2, -0.15) is 0 Å². The molecule has 0 aliphatic carbocycles. The second-order valence-electron chi connectivity index (χ2n) is 4.52. The van der Waals surface area contributed by atoms with Crippen molar-refractivity contribution in [2.24, 2.45) is 4.99 Å². The summed E-state index contributed by atoms with van der Waals surface area (Å²) < 4.78 is 5.13. The molecule has 0 bridgehead atoms. The number of hydrogen-bond acceptors (Lipinski definition) is 3. The lowest BCUT2D eigenvalue weighted by Gasteiger charge is -2.22. The summed E-state index contributed by atoms with van der Waals surface area (Å²) in [5, 5.41) is 3.94. The minimum absolute atomic E-state index is 0.745. The zero-order valence-corrected chi connectivity index (χ0v) is 11.6. The number of guanidine groups is 1. The SMILES string of the molecule is Cc1noc(C)c1CCN=C(N(C)C)N(C)C. The molecule has 0 aliphatic heterocycles. The zero-order chi connectivity index (χ0) is 13.0. The predicted octanol–water partition coefficient (Wildman–Crippen LogP) is 1.31. The monoisotopic (exact) mass is 238 g/mol. The first-order valence-electron chi connectivity index (χ1n) is 5.74. The van der Waals surface area contributed by atoms with Crippen LogP contribution in [0.15, 0.2) is 9.52 Å². The molecule has 0 amide bonds. The van der Waals surface area contributed by atoms with Gasteiger partial charge >= 0.3 is 0 Å². The van der Waals surface area contributed by atoms with E-state index in [1.807, 2.05) is 51.8 Å². The van der Waals surface area contributed by atoms with Crippen molar-refractivity contribution in [2.75, 3.05) is 34.7 Å². The van der Waals surface area contributed by atoms with Crippen LogP contribution in [-0.4, -0.2) is 55.7 Å². The fourth-order valence-electron chi connectivity index (χ4n) is 1.81. The Morgan fingerprint density at radius 2 is 1.76 bits per heavy atom. The third kappa shape index (κ3) is 3.47. The molecule has 0 aromatic carbocycles. The molecule has 0 spiro atoms. The Balaban J connectivity index is 2.65. The third-order valence-electron chi connectivity index (χ3n) is 2.60. The van der Waals surface area contributed by atoms with Crippen LogP contribution >= 0.6 is 0 Å². The molecular formula is C12H22N4O. The Labute approximate surface area is 103 Å². The van der Waals surface area contributed by atoms with Crippen LogP contribution in [0, 0.1) is 13.8 Å². The standard InChI is InChI=1S/C12H22N4O/c1-9-11(10(2)17-14-9)7-8-13-12(15(3)4)16(5)6/h7-8H2,1-6H3. The number of rotatable bonds is 3. The Hall–Kier alpha value is -1.52. The molecule has 5 nitrogen and oxygen atoms in total. The molecule has 17 heavy (non-hydrogen) atoms. The summed E-state index contributed by atoms with van der Waals surface area (Å²) in [6.07, 6.45) is 0.867. The van der Waals surface area contributed by atoms with Crippen LogP contribution in [0.3, 0.4) is 0 Å². The van der Waals surface area contributed by atoms with E-state index >= 15 is 0 Å². The fourth-order valence-corrected chi connectivity index (χ4v) is 1.81. The lowest BCUT2D eigenvalue weighted by atomic mass is 10.1.